The second-order valence-corrected chi connectivity index (χ2v) is 6.07. The number of benzene rings is 1. The van der Waals surface area contributed by atoms with Crippen molar-refractivity contribution in [2.24, 2.45) is 0 Å². The average Bonchev–Trinajstić information content (AvgIpc) is 3.25. The molecule has 0 spiro atoms. The molecule has 128 valence electrons. The van der Waals surface area contributed by atoms with Gasteiger partial charge in [0.2, 0.25) is 11.5 Å². The molecule has 0 bridgehead atoms. The van der Waals surface area contributed by atoms with E-state index in [1.807, 2.05) is 35.2 Å². The van der Waals surface area contributed by atoms with E-state index in [0.717, 1.165) is 30.7 Å². The van der Waals surface area contributed by atoms with Crippen LogP contribution in [0, 0.1) is 10.1 Å². The average molecular weight is 338 g/mol. The molecule has 1 unspecified atom stereocenters. The predicted octanol–water partition coefficient (Wildman–Crippen LogP) is 3.59. The first-order chi connectivity index (χ1) is 12.2. The number of fused-ring (bicyclic) bond motifs is 1. The second-order valence-electron chi connectivity index (χ2n) is 6.07. The first-order valence-electron chi connectivity index (χ1n) is 8.21. The van der Waals surface area contributed by atoms with Crippen LogP contribution in [0.25, 0.3) is 5.65 Å². The number of rotatable bonds is 4. The van der Waals surface area contributed by atoms with Crippen molar-refractivity contribution >= 4 is 17.3 Å². The second kappa shape index (κ2) is 6.08. The van der Waals surface area contributed by atoms with Crippen LogP contribution in [-0.2, 0) is 0 Å². The zero-order valence-electron chi connectivity index (χ0n) is 13.8. The van der Waals surface area contributed by atoms with Crippen molar-refractivity contribution < 1.29 is 9.66 Å². The number of imidazole rings is 1. The highest BCUT2D eigenvalue weighted by molar-refractivity contribution is 5.65. The fourth-order valence-corrected chi connectivity index (χ4v) is 3.55. The standard InChI is InChI=1S/C18H18N4O3/c1-25-14-7-4-6-13(12-14)15-8-5-11-20(15)17-18(22(23)24)21-10-3-2-9-16(21)19-17/h2-4,6-7,9-10,12,15H,5,8,11H2,1H3. The SMILES string of the molecule is COc1cccc(C2CCCN2c2nc3ccccn3c2[N+](=O)[O-])c1. The minimum absolute atomic E-state index is 0.0189. The van der Waals surface area contributed by atoms with Crippen molar-refractivity contribution in [3.05, 3.63) is 64.3 Å². The number of methoxy groups -OCH3 is 1. The van der Waals surface area contributed by atoms with Gasteiger partial charge in [0, 0.05) is 12.6 Å². The van der Waals surface area contributed by atoms with Crippen LogP contribution in [-0.4, -0.2) is 28.0 Å². The van der Waals surface area contributed by atoms with E-state index in [2.05, 4.69) is 4.98 Å². The molecule has 7 heteroatoms. The molecule has 2 aromatic heterocycles. The Hall–Kier alpha value is -3.09. The molecule has 1 fully saturated rings. The Labute approximate surface area is 144 Å². The number of anilines is 1. The molecular formula is C18H18N4O3. The highest BCUT2D eigenvalue weighted by atomic mass is 16.6. The molecule has 0 radical (unpaired) electrons. The largest absolute Gasteiger partial charge is 0.497 e. The summed E-state index contributed by atoms with van der Waals surface area (Å²) in [6.45, 7) is 0.743. The predicted molar refractivity (Wildman–Crippen MR) is 94.2 cm³/mol. The molecule has 0 saturated carbocycles. The van der Waals surface area contributed by atoms with E-state index < -0.39 is 0 Å². The maximum Gasteiger partial charge on any atom is 0.372 e. The smallest absolute Gasteiger partial charge is 0.372 e. The number of nitro groups is 1. The summed E-state index contributed by atoms with van der Waals surface area (Å²) in [4.78, 5) is 17.9. The van der Waals surface area contributed by atoms with Crippen LogP contribution in [0.5, 0.6) is 5.75 Å². The number of ether oxygens (including phenoxy) is 1. The maximum absolute atomic E-state index is 11.7. The Kier molecular flexibility index (Phi) is 3.76. The quantitative estimate of drug-likeness (QED) is 0.537. The lowest BCUT2D eigenvalue weighted by atomic mass is 10.0. The van der Waals surface area contributed by atoms with Crippen molar-refractivity contribution in [2.75, 3.05) is 18.6 Å². The summed E-state index contributed by atoms with van der Waals surface area (Å²) in [5, 5.41) is 11.7. The Bertz CT molecular complexity index is 937. The van der Waals surface area contributed by atoms with E-state index in [1.54, 1.807) is 25.4 Å². The summed E-state index contributed by atoms with van der Waals surface area (Å²) in [7, 11) is 1.64. The van der Waals surface area contributed by atoms with Gasteiger partial charge in [0.05, 0.1) is 19.3 Å². The lowest BCUT2D eigenvalue weighted by Gasteiger charge is -2.24. The van der Waals surface area contributed by atoms with E-state index in [1.165, 1.54) is 4.40 Å². The third-order valence-corrected chi connectivity index (χ3v) is 4.66. The monoisotopic (exact) mass is 338 g/mol. The van der Waals surface area contributed by atoms with Gasteiger partial charge in [-0.25, -0.2) is 0 Å². The summed E-state index contributed by atoms with van der Waals surface area (Å²) >= 11 is 0. The van der Waals surface area contributed by atoms with E-state index in [4.69, 9.17) is 4.74 Å². The summed E-state index contributed by atoms with van der Waals surface area (Å²) in [6.07, 6.45) is 3.58. The van der Waals surface area contributed by atoms with Gasteiger partial charge in [0.1, 0.15) is 5.75 Å². The van der Waals surface area contributed by atoms with Crippen LogP contribution >= 0.6 is 0 Å². The minimum Gasteiger partial charge on any atom is -0.497 e. The number of hydrogen-bond acceptors (Lipinski definition) is 5. The third kappa shape index (κ3) is 2.57. The van der Waals surface area contributed by atoms with Gasteiger partial charge >= 0.3 is 5.82 Å². The van der Waals surface area contributed by atoms with Crippen LogP contribution < -0.4 is 9.64 Å². The lowest BCUT2D eigenvalue weighted by Crippen LogP contribution is -2.23. The van der Waals surface area contributed by atoms with Gasteiger partial charge in [0.25, 0.3) is 0 Å². The number of aromatic nitrogens is 2. The summed E-state index contributed by atoms with van der Waals surface area (Å²) in [6, 6.07) is 13.3. The lowest BCUT2D eigenvalue weighted by molar-refractivity contribution is -0.389. The summed E-state index contributed by atoms with van der Waals surface area (Å²) in [5.74, 6) is 1.24. The first kappa shape index (κ1) is 15.4. The van der Waals surface area contributed by atoms with E-state index in [9.17, 15) is 10.1 Å². The third-order valence-electron chi connectivity index (χ3n) is 4.66. The van der Waals surface area contributed by atoms with E-state index in [-0.39, 0.29) is 16.8 Å². The molecule has 1 aliphatic rings. The maximum atomic E-state index is 11.7. The molecule has 7 nitrogen and oxygen atoms in total. The van der Waals surface area contributed by atoms with Gasteiger partial charge in [-0.1, -0.05) is 18.2 Å². The molecule has 0 amide bonds. The number of nitrogens with zero attached hydrogens (tertiary/aromatic N) is 4. The molecular weight excluding hydrogens is 320 g/mol. The van der Waals surface area contributed by atoms with Gasteiger partial charge in [0.15, 0.2) is 0 Å². The zero-order valence-corrected chi connectivity index (χ0v) is 13.8. The van der Waals surface area contributed by atoms with E-state index in [0.29, 0.717) is 11.5 Å². The molecule has 3 heterocycles. The zero-order chi connectivity index (χ0) is 17.4. The molecule has 4 rings (SSSR count). The van der Waals surface area contributed by atoms with Crippen molar-refractivity contribution in [1.82, 2.24) is 9.38 Å². The summed E-state index contributed by atoms with van der Waals surface area (Å²) in [5.41, 5.74) is 1.67. The summed E-state index contributed by atoms with van der Waals surface area (Å²) < 4.78 is 6.86. The normalized spacial score (nSPS) is 17.2. The molecule has 0 N–H and O–H groups in total. The van der Waals surface area contributed by atoms with Gasteiger partial charge in [-0.3, -0.25) is 0 Å². The van der Waals surface area contributed by atoms with Crippen LogP contribution in [0.4, 0.5) is 11.6 Å². The van der Waals surface area contributed by atoms with Gasteiger partial charge in [-0.2, -0.15) is 9.38 Å². The van der Waals surface area contributed by atoms with Crippen LogP contribution in [0.2, 0.25) is 0 Å². The Balaban J connectivity index is 1.81. The topological polar surface area (TPSA) is 72.9 Å². The Morgan fingerprint density at radius 2 is 2.16 bits per heavy atom. The Morgan fingerprint density at radius 3 is 2.96 bits per heavy atom. The van der Waals surface area contributed by atoms with Crippen LogP contribution in [0.15, 0.2) is 48.7 Å². The fraction of sp³-hybridized carbons (Fsp3) is 0.278. The highest BCUT2D eigenvalue weighted by Crippen LogP contribution is 2.40. The molecule has 3 aromatic rings. The van der Waals surface area contributed by atoms with Gasteiger partial charge in [-0.05, 0) is 41.5 Å². The highest BCUT2D eigenvalue weighted by Gasteiger charge is 2.34. The van der Waals surface area contributed by atoms with Crippen molar-refractivity contribution in [1.29, 1.82) is 0 Å². The molecule has 1 aliphatic heterocycles. The van der Waals surface area contributed by atoms with Crippen molar-refractivity contribution in [3.63, 3.8) is 0 Å². The van der Waals surface area contributed by atoms with Crippen molar-refractivity contribution in [2.45, 2.75) is 18.9 Å². The van der Waals surface area contributed by atoms with E-state index >= 15 is 0 Å². The molecule has 1 aromatic carbocycles. The fourth-order valence-electron chi connectivity index (χ4n) is 3.55. The van der Waals surface area contributed by atoms with Gasteiger partial charge in [-0.15, -0.1) is 0 Å². The van der Waals surface area contributed by atoms with Crippen LogP contribution in [0.3, 0.4) is 0 Å². The Morgan fingerprint density at radius 1 is 1.28 bits per heavy atom. The minimum atomic E-state index is -0.351. The van der Waals surface area contributed by atoms with Crippen molar-refractivity contribution in [3.8, 4) is 5.75 Å². The number of hydrogen-bond donors (Lipinski definition) is 0. The van der Waals surface area contributed by atoms with Crippen LogP contribution in [0.1, 0.15) is 24.4 Å². The molecule has 1 atom stereocenters. The molecule has 1 saturated heterocycles. The molecule has 0 aliphatic carbocycles. The van der Waals surface area contributed by atoms with Gasteiger partial charge < -0.3 is 19.8 Å². The number of pyridine rings is 1. The molecule has 25 heavy (non-hydrogen) atoms. The first-order valence-corrected chi connectivity index (χ1v) is 8.21.